The summed E-state index contributed by atoms with van der Waals surface area (Å²) >= 11 is 0. The molecule has 0 spiro atoms. The van der Waals surface area contributed by atoms with Crippen molar-refractivity contribution in [2.75, 3.05) is 13.1 Å². The van der Waals surface area contributed by atoms with Crippen molar-refractivity contribution >= 4 is 6.09 Å². The van der Waals surface area contributed by atoms with Gasteiger partial charge >= 0.3 is 6.09 Å². The van der Waals surface area contributed by atoms with Gasteiger partial charge < -0.3 is 9.64 Å². The van der Waals surface area contributed by atoms with Gasteiger partial charge in [0, 0.05) is 19.2 Å². The first kappa shape index (κ1) is 13.6. The van der Waals surface area contributed by atoms with Gasteiger partial charge in [0.15, 0.2) is 0 Å². The molecule has 1 unspecified atom stereocenters. The lowest BCUT2D eigenvalue weighted by Gasteiger charge is -2.34. The number of carbonyl (C=O) groups excluding carboxylic acids is 1. The largest absolute Gasteiger partial charge is 0.444 e. The maximum absolute atomic E-state index is 11.8. The molecule has 94 valence electrons. The van der Waals surface area contributed by atoms with E-state index in [1.807, 2.05) is 27.7 Å². The Morgan fingerprint density at radius 1 is 1.59 bits per heavy atom. The van der Waals surface area contributed by atoms with Gasteiger partial charge in [0.25, 0.3) is 0 Å². The van der Waals surface area contributed by atoms with Crippen LogP contribution in [0.4, 0.5) is 4.79 Å². The summed E-state index contributed by atoms with van der Waals surface area (Å²) in [6.45, 7) is 8.87. The number of allylic oxidation sites excluding steroid dienone is 1. The van der Waals surface area contributed by atoms with E-state index < -0.39 is 5.60 Å². The second-order valence-electron chi connectivity index (χ2n) is 5.43. The fraction of sp³-hybridized carbons (Fsp3) is 0.692. The molecular formula is C13H20N2O2. The monoisotopic (exact) mass is 236 g/mol. The lowest BCUT2D eigenvalue weighted by atomic mass is 9.93. The Kier molecular flexibility index (Phi) is 4.17. The van der Waals surface area contributed by atoms with Crippen molar-refractivity contribution in [1.29, 1.82) is 5.26 Å². The van der Waals surface area contributed by atoms with Gasteiger partial charge in [-0.2, -0.15) is 5.26 Å². The summed E-state index contributed by atoms with van der Waals surface area (Å²) in [5, 5.41) is 8.63. The average molecular weight is 236 g/mol. The second kappa shape index (κ2) is 5.22. The van der Waals surface area contributed by atoms with E-state index in [-0.39, 0.29) is 12.0 Å². The van der Waals surface area contributed by atoms with E-state index >= 15 is 0 Å². The first-order valence-electron chi connectivity index (χ1n) is 5.90. The van der Waals surface area contributed by atoms with E-state index in [1.54, 1.807) is 11.0 Å². The smallest absolute Gasteiger partial charge is 0.410 e. The molecule has 0 aromatic heterocycles. The highest BCUT2D eigenvalue weighted by molar-refractivity contribution is 5.68. The molecule has 4 heteroatoms. The normalized spacial score (nSPS) is 23.4. The number of hydrogen-bond donors (Lipinski definition) is 0. The van der Waals surface area contributed by atoms with E-state index in [0.29, 0.717) is 13.1 Å². The molecule has 0 aromatic rings. The quantitative estimate of drug-likeness (QED) is 0.608. The van der Waals surface area contributed by atoms with E-state index in [1.165, 1.54) is 0 Å². The lowest BCUT2D eigenvalue weighted by Crippen LogP contribution is -2.43. The molecule has 0 radical (unpaired) electrons. The minimum Gasteiger partial charge on any atom is -0.444 e. The Balaban J connectivity index is 2.59. The Labute approximate surface area is 103 Å². The molecule has 17 heavy (non-hydrogen) atoms. The molecule has 0 bridgehead atoms. The van der Waals surface area contributed by atoms with Gasteiger partial charge in [0.05, 0.1) is 6.07 Å². The second-order valence-corrected chi connectivity index (χ2v) is 5.43. The van der Waals surface area contributed by atoms with Gasteiger partial charge in [0.1, 0.15) is 5.60 Å². The Hall–Kier alpha value is -1.50. The zero-order chi connectivity index (χ0) is 13.1. The summed E-state index contributed by atoms with van der Waals surface area (Å²) in [6, 6.07) is 2.05. The topological polar surface area (TPSA) is 53.3 Å². The lowest BCUT2D eigenvalue weighted by molar-refractivity contribution is 0.0208. The standard InChI is InChI=1S/C13H20N2O2/c1-10-9-15(8-6-11(10)5-7-14)12(16)17-13(2,3)4/h5,10H,6,8-9H2,1-4H3/b11-5-. The van der Waals surface area contributed by atoms with E-state index in [4.69, 9.17) is 10.00 Å². The molecule has 0 saturated carbocycles. The number of ether oxygens (including phenoxy) is 1. The van der Waals surface area contributed by atoms with E-state index in [2.05, 4.69) is 6.07 Å². The van der Waals surface area contributed by atoms with Gasteiger partial charge in [0.2, 0.25) is 0 Å². The first-order chi connectivity index (χ1) is 7.83. The summed E-state index contributed by atoms with van der Waals surface area (Å²) in [5.41, 5.74) is 0.663. The van der Waals surface area contributed by atoms with Crippen molar-refractivity contribution in [2.45, 2.75) is 39.7 Å². The Bertz CT molecular complexity index is 361. The Morgan fingerprint density at radius 3 is 2.71 bits per heavy atom. The average Bonchev–Trinajstić information content (AvgIpc) is 2.18. The predicted octanol–water partition coefficient (Wildman–Crippen LogP) is 2.71. The zero-order valence-corrected chi connectivity index (χ0v) is 11.0. The third-order valence-corrected chi connectivity index (χ3v) is 2.70. The highest BCUT2D eigenvalue weighted by Gasteiger charge is 2.27. The number of nitrogens with zero attached hydrogens (tertiary/aromatic N) is 2. The maximum atomic E-state index is 11.8. The van der Waals surface area contributed by atoms with E-state index in [9.17, 15) is 4.79 Å². The van der Waals surface area contributed by atoms with Crippen molar-refractivity contribution < 1.29 is 9.53 Å². The van der Waals surface area contributed by atoms with Crippen LogP contribution in [-0.2, 0) is 4.74 Å². The van der Waals surface area contributed by atoms with Crippen LogP contribution in [0.3, 0.4) is 0 Å². The molecule has 1 amide bonds. The molecule has 1 fully saturated rings. The van der Waals surface area contributed by atoms with E-state index in [0.717, 1.165) is 12.0 Å². The first-order valence-corrected chi connectivity index (χ1v) is 5.90. The molecule has 4 nitrogen and oxygen atoms in total. The number of hydrogen-bond acceptors (Lipinski definition) is 3. The molecule has 1 aliphatic heterocycles. The number of rotatable bonds is 0. The van der Waals surface area contributed by atoms with Crippen LogP contribution in [0.25, 0.3) is 0 Å². The third kappa shape index (κ3) is 4.10. The minimum atomic E-state index is -0.455. The van der Waals surface area contributed by atoms with Gasteiger partial charge in [-0.3, -0.25) is 0 Å². The van der Waals surface area contributed by atoms with Crippen LogP contribution in [0, 0.1) is 17.2 Å². The van der Waals surface area contributed by atoms with Crippen LogP contribution < -0.4 is 0 Å². The van der Waals surface area contributed by atoms with Crippen LogP contribution in [0.1, 0.15) is 34.1 Å². The van der Waals surface area contributed by atoms with Crippen molar-refractivity contribution in [3.8, 4) is 6.07 Å². The highest BCUT2D eigenvalue weighted by Crippen LogP contribution is 2.23. The number of piperidine rings is 1. The number of carbonyl (C=O) groups is 1. The van der Waals surface area contributed by atoms with Gasteiger partial charge in [-0.15, -0.1) is 0 Å². The van der Waals surface area contributed by atoms with Crippen LogP contribution in [0.2, 0.25) is 0 Å². The molecule has 1 rings (SSSR count). The van der Waals surface area contributed by atoms with Crippen LogP contribution in [0.15, 0.2) is 11.6 Å². The fourth-order valence-corrected chi connectivity index (χ4v) is 1.84. The maximum Gasteiger partial charge on any atom is 0.410 e. The summed E-state index contributed by atoms with van der Waals surface area (Å²) in [5.74, 6) is 0.232. The Morgan fingerprint density at radius 2 is 2.24 bits per heavy atom. The summed E-state index contributed by atoms with van der Waals surface area (Å²) < 4.78 is 5.32. The number of nitriles is 1. The molecular weight excluding hydrogens is 216 g/mol. The van der Waals surface area contributed by atoms with Crippen molar-refractivity contribution in [1.82, 2.24) is 4.90 Å². The predicted molar refractivity (Wildman–Crippen MR) is 65.3 cm³/mol. The molecule has 1 saturated heterocycles. The number of likely N-dealkylation sites (tertiary alicyclic amines) is 1. The summed E-state index contributed by atoms with van der Waals surface area (Å²) in [6.07, 6.45) is 2.09. The number of amides is 1. The summed E-state index contributed by atoms with van der Waals surface area (Å²) in [4.78, 5) is 13.6. The van der Waals surface area contributed by atoms with Crippen LogP contribution >= 0.6 is 0 Å². The van der Waals surface area contributed by atoms with Gasteiger partial charge in [-0.25, -0.2) is 4.79 Å². The zero-order valence-electron chi connectivity index (χ0n) is 11.0. The third-order valence-electron chi connectivity index (χ3n) is 2.70. The van der Waals surface area contributed by atoms with Crippen LogP contribution in [0.5, 0.6) is 0 Å². The SMILES string of the molecule is CC1CN(C(=O)OC(C)(C)C)CC/C1=C/C#N. The van der Waals surface area contributed by atoms with Crippen molar-refractivity contribution in [3.63, 3.8) is 0 Å². The van der Waals surface area contributed by atoms with Crippen molar-refractivity contribution in [3.05, 3.63) is 11.6 Å². The molecule has 1 aliphatic rings. The molecule has 0 aromatic carbocycles. The molecule has 1 atom stereocenters. The molecule has 0 N–H and O–H groups in total. The van der Waals surface area contributed by atoms with Crippen LogP contribution in [-0.4, -0.2) is 29.7 Å². The van der Waals surface area contributed by atoms with Gasteiger partial charge in [-0.1, -0.05) is 12.5 Å². The minimum absolute atomic E-state index is 0.232. The molecule has 0 aliphatic carbocycles. The van der Waals surface area contributed by atoms with Gasteiger partial charge in [-0.05, 0) is 33.1 Å². The van der Waals surface area contributed by atoms with Crippen molar-refractivity contribution in [2.24, 2.45) is 5.92 Å². The fourth-order valence-electron chi connectivity index (χ4n) is 1.84. The highest BCUT2D eigenvalue weighted by atomic mass is 16.6. The molecule has 1 heterocycles. The summed E-state index contributed by atoms with van der Waals surface area (Å²) in [7, 11) is 0.